The van der Waals surface area contributed by atoms with Crippen molar-refractivity contribution in [1.82, 2.24) is 19.3 Å². The van der Waals surface area contributed by atoms with E-state index in [9.17, 15) is 0 Å². The maximum Gasteiger partial charge on any atom is 0.153 e. The van der Waals surface area contributed by atoms with E-state index in [1.807, 2.05) is 27.2 Å². The normalized spacial score (nSPS) is 11.3. The molecule has 2 heterocycles. The van der Waals surface area contributed by atoms with Gasteiger partial charge < -0.3 is 10.3 Å². The molecular formula is C13H15N5. The van der Waals surface area contributed by atoms with E-state index >= 15 is 0 Å². The molecule has 0 aliphatic carbocycles. The van der Waals surface area contributed by atoms with E-state index in [2.05, 4.69) is 32.8 Å². The fourth-order valence-corrected chi connectivity index (χ4v) is 2.22. The average molecular weight is 241 g/mol. The van der Waals surface area contributed by atoms with Gasteiger partial charge in [-0.15, -0.1) is 0 Å². The van der Waals surface area contributed by atoms with Gasteiger partial charge >= 0.3 is 0 Å². The van der Waals surface area contributed by atoms with Crippen molar-refractivity contribution in [2.24, 2.45) is 14.1 Å². The molecule has 0 aliphatic heterocycles. The monoisotopic (exact) mass is 241 g/mol. The minimum Gasteiger partial charge on any atom is -0.382 e. The van der Waals surface area contributed by atoms with Crippen molar-refractivity contribution in [1.29, 1.82) is 0 Å². The Hall–Kier alpha value is -2.30. The van der Waals surface area contributed by atoms with Gasteiger partial charge in [-0.2, -0.15) is 5.10 Å². The van der Waals surface area contributed by atoms with Crippen LogP contribution in [0, 0.1) is 6.92 Å². The molecule has 0 saturated heterocycles. The Kier molecular flexibility index (Phi) is 2.16. The number of nitrogen functional groups attached to an aromatic ring is 1. The second kappa shape index (κ2) is 3.60. The number of benzene rings is 1. The molecule has 0 unspecified atom stereocenters. The molecule has 0 fully saturated rings. The number of aryl methyl sites for hydroxylation is 3. The molecule has 0 spiro atoms. The van der Waals surface area contributed by atoms with Crippen LogP contribution in [0.15, 0.2) is 24.4 Å². The predicted molar refractivity (Wildman–Crippen MR) is 72.1 cm³/mol. The number of hydrogen-bond donors (Lipinski definition) is 1. The number of hydrogen-bond acceptors (Lipinski definition) is 3. The first-order valence-electron chi connectivity index (χ1n) is 5.79. The van der Waals surface area contributed by atoms with Gasteiger partial charge in [-0.3, -0.25) is 4.68 Å². The molecule has 0 atom stereocenters. The van der Waals surface area contributed by atoms with E-state index in [0.29, 0.717) is 5.82 Å². The van der Waals surface area contributed by atoms with E-state index in [0.717, 1.165) is 28.0 Å². The number of fused-ring (bicyclic) bond motifs is 1. The van der Waals surface area contributed by atoms with Gasteiger partial charge in [0.25, 0.3) is 0 Å². The Bertz CT molecular complexity index is 735. The Balaban J connectivity index is 2.22. The van der Waals surface area contributed by atoms with E-state index in [1.165, 1.54) is 0 Å². The number of nitrogens with zero attached hydrogens (tertiary/aromatic N) is 4. The summed E-state index contributed by atoms with van der Waals surface area (Å²) in [5, 5.41) is 4.16. The highest BCUT2D eigenvalue weighted by molar-refractivity contribution is 5.85. The first-order valence-corrected chi connectivity index (χ1v) is 5.79. The third-order valence-corrected chi connectivity index (χ3v) is 3.27. The largest absolute Gasteiger partial charge is 0.382 e. The van der Waals surface area contributed by atoms with Crippen LogP contribution in [0.1, 0.15) is 5.82 Å². The summed E-state index contributed by atoms with van der Waals surface area (Å²) in [6.45, 7) is 2.00. The Morgan fingerprint density at radius 2 is 2.00 bits per heavy atom. The van der Waals surface area contributed by atoms with Crippen LogP contribution >= 0.6 is 0 Å². The van der Waals surface area contributed by atoms with Gasteiger partial charge in [-0.1, -0.05) is 6.07 Å². The lowest BCUT2D eigenvalue weighted by Gasteiger charge is -2.00. The third-order valence-electron chi connectivity index (χ3n) is 3.27. The zero-order chi connectivity index (χ0) is 12.9. The number of anilines is 1. The highest BCUT2D eigenvalue weighted by Gasteiger charge is 2.10. The first-order chi connectivity index (χ1) is 8.56. The lowest BCUT2D eigenvalue weighted by Crippen LogP contribution is -1.91. The van der Waals surface area contributed by atoms with E-state index in [1.54, 1.807) is 4.68 Å². The summed E-state index contributed by atoms with van der Waals surface area (Å²) in [5.74, 6) is 1.55. The highest BCUT2D eigenvalue weighted by Crippen LogP contribution is 2.27. The third kappa shape index (κ3) is 1.48. The van der Waals surface area contributed by atoms with Crippen molar-refractivity contribution >= 4 is 16.9 Å². The Morgan fingerprint density at radius 1 is 1.22 bits per heavy atom. The van der Waals surface area contributed by atoms with E-state index in [4.69, 9.17) is 5.73 Å². The summed E-state index contributed by atoms with van der Waals surface area (Å²) in [6, 6.07) is 6.17. The van der Waals surface area contributed by atoms with Crippen molar-refractivity contribution in [2.75, 3.05) is 5.73 Å². The van der Waals surface area contributed by atoms with Gasteiger partial charge in [0.1, 0.15) is 5.82 Å². The van der Waals surface area contributed by atoms with E-state index < -0.39 is 0 Å². The summed E-state index contributed by atoms with van der Waals surface area (Å²) < 4.78 is 3.80. The van der Waals surface area contributed by atoms with Crippen LogP contribution in [-0.4, -0.2) is 19.3 Å². The molecule has 2 N–H and O–H groups in total. The second-order valence-corrected chi connectivity index (χ2v) is 4.52. The van der Waals surface area contributed by atoms with Crippen LogP contribution in [0.25, 0.3) is 22.2 Å². The molecular weight excluding hydrogens is 226 g/mol. The molecule has 3 rings (SSSR count). The number of aromatic nitrogens is 4. The molecule has 0 amide bonds. The van der Waals surface area contributed by atoms with Gasteiger partial charge in [0.15, 0.2) is 5.82 Å². The van der Waals surface area contributed by atoms with Crippen LogP contribution < -0.4 is 5.73 Å². The highest BCUT2D eigenvalue weighted by atomic mass is 15.3. The lowest BCUT2D eigenvalue weighted by molar-refractivity contribution is 0.772. The minimum absolute atomic E-state index is 0.546. The fourth-order valence-electron chi connectivity index (χ4n) is 2.22. The van der Waals surface area contributed by atoms with Crippen LogP contribution in [0.3, 0.4) is 0 Å². The molecule has 0 saturated carbocycles. The summed E-state index contributed by atoms with van der Waals surface area (Å²) in [7, 11) is 3.88. The zero-order valence-corrected chi connectivity index (χ0v) is 10.7. The molecule has 1 aromatic carbocycles. The van der Waals surface area contributed by atoms with Gasteiger partial charge in [-0.05, 0) is 24.6 Å². The van der Waals surface area contributed by atoms with Crippen LogP contribution in [0.2, 0.25) is 0 Å². The molecule has 0 radical (unpaired) electrons. The molecule has 5 heteroatoms. The number of nitrogens with two attached hydrogens (primary N) is 1. The summed E-state index contributed by atoms with van der Waals surface area (Å²) in [5.41, 5.74) is 10.00. The van der Waals surface area contributed by atoms with Crippen molar-refractivity contribution in [2.45, 2.75) is 6.92 Å². The van der Waals surface area contributed by atoms with Crippen molar-refractivity contribution < 1.29 is 0 Å². The molecule has 3 aromatic rings. The van der Waals surface area contributed by atoms with Gasteiger partial charge in [0.05, 0.1) is 11.0 Å². The quantitative estimate of drug-likeness (QED) is 0.707. The van der Waals surface area contributed by atoms with Crippen LogP contribution in [-0.2, 0) is 14.1 Å². The maximum atomic E-state index is 5.90. The fraction of sp³-hybridized carbons (Fsp3) is 0.231. The first kappa shape index (κ1) is 10.8. The topological polar surface area (TPSA) is 61.7 Å². The minimum atomic E-state index is 0.546. The Morgan fingerprint density at radius 3 is 2.67 bits per heavy atom. The molecule has 92 valence electrons. The molecule has 0 aliphatic rings. The standard InChI is InChI=1S/C13H15N5/c1-8-15-11-6-9(4-5-12(11)18(8)3)10-7-17(2)16-13(10)14/h4-7H,1-3H3,(H2,14,16). The van der Waals surface area contributed by atoms with Crippen molar-refractivity contribution in [3.05, 3.63) is 30.2 Å². The van der Waals surface area contributed by atoms with Gasteiger partial charge in [0, 0.05) is 25.9 Å². The molecule has 0 bridgehead atoms. The zero-order valence-electron chi connectivity index (χ0n) is 10.7. The van der Waals surface area contributed by atoms with Gasteiger partial charge in [-0.25, -0.2) is 4.98 Å². The molecule has 5 nitrogen and oxygen atoms in total. The smallest absolute Gasteiger partial charge is 0.153 e. The van der Waals surface area contributed by atoms with Crippen molar-refractivity contribution in [3.8, 4) is 11.1 Å². The second-order valence-electron chi connectivity index (χ2n) is 4.52. The summed E-state index contributed by atoms with van der Waals surface area (Å²) in [6.07, 6.45) is 1.92. The average Bonchev–Trinajstić information content (AvgIpc) is 2.80. The van der Waals surface area contributed by atoms with Gasteiger partial charge in [0.2, 0.25) is 0 Å². The summed E-state index contributed by atoms with van der Waals surface area (Å²) in [4.78, 5) is 4.53. The van der Waals surface area contributed by atoms with Crippen molar-refractivity contribution in [3.63, 3.8) is 0 Å². The predicted octanol–water partition coefficient (Wildman–Crippen LogP) is 1.86. The summed E-state index contributed by atoms with van der Waals surface area (Å²) >= 11 is 0. The SMILES string of the molecule is Cc1nc2cc(-c3cn(C)nc3N)ccc2n1C. The number of imidazole rings is 1. The van der Waals surface area contributed by atoms with Crippen LogP contribution in [0.4, 0.5) is 5.82 Å². The Labute approximate surface area is 105 Å². The number of rotatable bonds is 1. The molecule has 2 aromatic heterocycles. The maximum absolute atomic E-state index is 5.90. The lowest BCUT2D eigenvalue weighted by atomic mass is 10.1. The molecule has 18 heavy (non-hydrogen) atoms. The van der Waals surface area contributed by atoms with E-state index in [-0.39, 0.29) is 0 Å². The van der Waals surface area contributed by atoms with Crippen LogP contribution in [0.5, 0.6) is 0 Å².